The van der Waals surface area contributed by atoms with Gasteiger partial charge in [0.05, 0.1) is 6.04 Å². The van der Waals surface area contributed by atoms with E-state index in [2.05, 4.69) is 31.3 Å². The quantitative estimate of drug-likeness (QED) is 0.701. The van der Waals surface area contributed by atoms with Gasteiger partial charge in [-0.3, -0.25) is 4.79 Å². The molecule has 0 radical (unpaired) electrons. The van der Waals surface area contributed by atoms with Crippen LogP contribution in [0.4, 0.5) is 0 Å². The monoisotopic (exact) mass is 247 g/mol. The summed E-state index contributed by atoms with van der Waals surface area (Å²) in [6.07, 6.45) is 3.03. The molecular formula is C13H29NOS. The van der Waals surface area contributed by atoms with Crippen molar-refractivity contribution in [2.75, 3.05) is 12.0 Å². The molecule has 0 spiro atoms. The fourth-order valence-corrected chi connectivity index (χ4v) is 2.07. The Bertz CT molecular complexity index is 224. The molecule has 2 nitrogen and oxygen atoms in total. The molecule has 0 saturated carbocycles. The van der Waals surface area contributed by atoms with E-state index in [0.29, 0.717) is 11.8 Å². The van der Waals surface area contributed by atoms with Crippen LogP contribution in [-0.4, -0.2) is 35.7 Å². The number of carbonyl (C=O) groups excluding carboxylic acids is 1. The van der Waals surface area contributed by atoms with Gasteiger partial charge in [-0.1, -0.05) is 41.0 Å². The summed E-state index contributed by atoms with van der Waals surface area (Å²) in [6, 6.07) is 0.378. The Morgan fingerprint density at radius 3 is 2.12 bits per heavy atom. The summed E-state index contributed by atoms with van der Waals surface area (Å²) < 4.78 is 0. The first-order valence-corrected chi connectivity index (χ1v) is 7.53. The number of nitrogens with one attached hydrogen (secondary N) is 1. The van der Waals surface area contributed by atoms with Crippen molar-refractivity contribution < 1.29 is 4.79 Å². The summed E-state index contributed by atoms with van der Waals surface area (Å²) in [4.78, 5) is 11.9. The van der Waals surface area contributed by atoms with E-state index in [0.717, 1.165) is 12.2 Å². The molecule has 0 aromatic carbocycles. The average Bonchev–Trinajstić information content (AvgIpc) is 2.10. The molecule has 16 heavy (non-hydrogen) atoms. The molecule has 0 aromatic rings. The highest BCUT2D eigenvalue weighted by Crippen LogP contribution is 2.11. The highest BCUT2D eigenvalue weighted by atomic mass is 32.2. The molecule has 2 unspecified atom stereocenters. The van der Waals surface area contributed by atoms with Crippen LogP contribution in [0.3, 0.4) is 0 Å². The van der Waals surface area contributed by atoms with E-state index in [1.807, 2.05) is 13.8 Å². The summed E-state index contributed by atoms with van der Waals surface area (Å²) in [5.41, 5.74) is 0. The normalized spacial score (nSPS) is 14.7. The number of ketones is 1. The minimum Gasteiger partial charge on any atom is -0.305 e. The summed E-state index contributed by atoms with van der Waals surface area (Å²) in [5, 5.41) is 3.34. The van der Waals surface area contributed by atoms with Gasteiger partial charge < -0.3 is 5.32 Å². The second kappa shape index (κ2) is 8.94. The number of carbonyl (C=O) groups is 1. The molecule has 0 aromatic heterocycles. The van der Waals surface area contributed by atoms with Crippen molar-refractivity contribution in [2.24, 2.45) is 5.92 Å². The Kier molecular flexibility index (Phi) is 10.2. The molecule has 0 aliphatic rings. The van der Waals surface area contributed by atoms with Gasteiger partial charge in [0, 0.05) is 12.0 Å². The molecule has 0 rings (SSSR count). The molecular weight excluding hydrogens is 218 g/mol. The molecule has 0 aliphatic carbocycles. The Morgan fingerprint density at radius 1 is 1.31 bits per heavy atom. The summed E-state index contributed by atoms with van der Waals surface area (Å²) >= 11 is 0. The van der Waals surface area contributed by atoms with E-state index >= 15 is 0 Å². The van der Waals surface area contributed by atoms with E-state index in [1.165, 1.54) is 0 Å². The van der Waals surface area contributed by atoms with E-state index in [-0.39, 0.29) is 29.9 Å². The third kappa shape index (κ3) is 8.05. The van der Waals surface area contributed by atoms with Gasteiger partial charge in [-0.05, 0) is 18.4 Å². The number of hydrogen-bond acceptors (Lipinski definition) is 2. The summed E-state index contributed by atoms with van der Waals surface area (Å²) in [6.45, 7) is 8.09. The van der Waals surface area contributed by atoms with Crippen LogP contribution in [0.5, 0.6) is 0 Å². The largest absolute Gasteiger partial charge is 0.305 e. The molecule has 0 bridgehead atoms. The van der Waals surface area contributed by atoms with Crippen LogP contribution in [0.2, 0.25) is 0 Å². The zero-order valence-corrected chi connectivity index (χ0v) is 11.5. The van der Waals surface area contributed by atoms with Crippen molar-refractivity contribution in [1.82, 2.24) is 5.32 Å². The Labute approximate surface area is 104 Å². The number of hydrogen-bond donors (Lipinski definition) is 1. The van der Waals surface area contributed by atoms with Crippen LogP contribution in [0, 0.1) is 5.92 Å². The lowest BCUT2D eigenvalue weighted by atomic mass is 9.99. The molecule has 0 heterocycles. The van der Waals surface area contributed by atoms with E-state index in [4.69, 9.17) is 0 Å². The molecule has 2 atom stereocenters. The SMILES string of the molecule is C.C=S(C)CCC(NC(C)C)C(=O)C(C)C. The smallest absolute Gasteiger partial charge is 0.152 e. The molecule has 0 fully saturated rings. The maximum Gasteiger partial charge on any atom is 0.152 e. The molecule has 0 amide bonds. The van der Waals surface area contributed by atoms with Gasteiger partial charge in [-0.15, -0.1) is 0 Å². The van der Waals surface area contributed by atoms with Gasteiger partial charge in [0.25, 0.3) is 0 Å². The van der Waals surface area contributed by atoms with Crippen LogP contribution in [0.15, 0.2) is 0 Å². The van der Waals surface area contributed by atoms with Gasteiger partial charge in [0.2, 0.25) is 0 Å². The molecule has 98 valence electrons. The fraction of sp³-hybridized carbons (Fsp3) is 0.846. The lowest BCUT2D eigenvalue weighted by molar-refractivity contribution is -0.124. The van der Waals surface area contributed by atoms with Gasteiger partial charge in [0.1, 0.15) is 0 Å². The maximum absolute atomic E-state index is 11.9. The van der Waals surface area contributed by atoms with Crippen LogP contribution >= 0.6 is 10.5 Å². The zero-order chi connectivity index (χ0) is 12.0. The van der Waals surface area contributed by atoms with Crippen molar-refractivity contribution in [2.45, 2.75) is 53.6 Å². The molecule has 0 saturated heterocycles. The highest BCUT2D eigenvalue weighted by Gasteiger charge is 2.20. The van der Waals surface area contributed by atoms with Crippen molar-refractivity contribution in [3.63, 3.8) is 0 Å². The maximum atomic E-state index is 11.9. The van der Waals surface area contributed by atoms with Crippen molar-refractivity contribution in [3.8, 4) is 0 Å². The first-order chi connectivity index (χ1) is 6.84. The second-order valence-corrected chi connectivity index (χ2v) is 6.68. The lowest BCUT2D eigenvalue weighted by Crippen LogP contribution is -2.43. The second-order valence-electron chi connectivity index (χ2n) is 4.71. The number of Topliss-reactive ketones (excluding diaryl/α,β-unsaturated/α-hetero) is 1. The van der Waals surface area contributed by atoms with Gasteiger partial charge in [-0.2, -0.15) is 10.5 Å². The standard InChI is InChI=1S/C12H25NOS.CH4/c1-9(2)12(14)11(13-10(3)4)7-8-15(5)6;/h9-11,13H,5,7-8H2,1-4,6H3;1H4. The van der Waals surface area contributed by atoms with E-state index < -0.39 is 0 Å². The first kappa shape index (κ1) is 18.2. The predicted molar refractivity (Wildman–Crippen MR) is 78.8 cm³/mol. The third-order valence-corrected chi connectivity index (χ3v) is 3.13. The van der Waals surface area contributed by atoms with Crippen LogP contribution in [0.1, 0.15) is 41.5 Å². The Hall–Kier alpha value is -0.150. The minimum absolute atomic E-state index is 0. The molecule has 3 heteroatoms. The summed E-state index contributed by atoms with van der Waals surface area (Å²) in [7, 11) is 0.177. The minimum atomic E-state index is 0. The van der Waals surface area contributed by atoms with Crippen LogP contribution in [-0.2, 0) is 4.79 Å². The van der Waals surface area contributed by atoms with Crippen molar-refractivity contribution >= 4 is 22.1 Å². The first-order valence-electron chi connectivity index (χ1n) is 5.56. The lowest BCUT2D eigenvalue weighted by Gasteiger charge is -2.22. The van der Waals surface area contributed by atoms with Gasteiger partial charge >= 0.3 is 0 Å². The van der Waals surface area contributed by atoms with E-state index in [1.54, 1.807) is 0 Å². The van der Waals surface area contributed by atoms with Crippen LogP contribution in [0.25, 0.3) is 0 Å². The Morgan fingerprint density at radius 2 is 1.81 bits per heavy atom. The van der Waals surface area contributed by atoms with Crippen LogP contribution < -0.4 is 5.32 Å². The predicted octanol–water partition coefficient (Wildman–Crippen LogP) is 2.94. The molecule has 0 aliphatic heterocycles. The van der Waals surface area contributed by atoms with Crippen molar-refractivity contribution in [1.29, 1.82) is 0 Å². The third-order valence-electron chi connectivity index (χ3n) is 2.20. The van der Waals surface area contributed by atoms with Gasteiger partial charge in [0.15, 0.2) is 5.78 Å². The average molecular weight is 247 g/mol. The Balaban J connectivity index is 0. The summed E-state index contributed by atoms with van der Waals surface area (Å²) in [5.74, 6) is 5.46. The topological polar surface area (TPSA) is 29.1 Å². The van der Waals surface area contributed by atoms with E-state index in [9.17, 15) is 4.79 Å². The number of rotatable bonds is 7. The molecule has 1 N–H and O–H groups in total. The fourth-order valence-electron chi connectivity index (χ4n) is 1.43. The zero-order valence-electron chi connectivity index (χ0n) is 10.7. The van der Waals surface area contributed by atoms with Gasteiger partial charge in [-0.25, -0.2) is 0 Å². The highest BCUT2D eigenvalue weighted by molar-refractivity contribution is 8.13. The van der Waals surface area contributed by atoms with Crippen molar-refractivity contribution in [3.05, 3.63) is 0 Å².